The van der Waals surface area contributed by atoms with E-state index in [9.17, 15) is 4.39 Å². The maximum Gasteiger partial charge on any atom is 0.193 e. The lowest BCUT2D eigenvalue weighted by molar-refractivity contribution is 0.156. The van der Waals surface area contributed by atoms with Gasteiger partial charge in [0, 0.05) is 38.7 Å². The zero-order chi connectivity index (χ0) is 17.9. The molecule has 2 fully saturated rings. The van der Waals surface area contributed by atoms with Gasteiger partial charge in [-0.1, -0.05) is 12.1 Å². The van der Waals surface area contributed by atoms with Crippen molar-refractivity contribution in [2.24, 2.45) is 10.4 Å². The van der Waals surface area contributed by atoms with E-state index >= 15 is 0 Å². The molecule has 2 atom stereocenters. The van der Waals surface area contributed by atoms with E-state index in [1.165, 1.54) is 18.6 Å². The van der Waals surface area contributed by atoms with Gasteiger partial charge in [0.15, 0.2) is 5.96 Å². The van der Waals surface area contributed by atoms with Gasteiger partial charge in [0.2, 0.25) is 0 Å². The molecule has 1 aromatic rings. The van der Waals surface area contributed by atoms with Crippen molar-refractivity contribution in [1.82, 2.24) is 15.1 Å². The van der Waals surface area contributed by atoms with Gasteiger partial charge in [0.05, 0.1) is 12.6 Å². The Hall–Kier alpha value is -0.930. The molecule has 0 amide bonds. The van der Waals surface area contributed by atoms with Crippen molar-refractivity contribution in [3.05, 3.63) is 35.6 Å². The van der Waals surface area contributed by atoms with E-state index in [2.05, 4.69) is 20.1 Å². The van der Waals surface area contributed by atoms with Crippen LogP contribution in [0, 0.1) is 11.2 Å². The third-order valence-electron chi connectivity index (χ3n) is 5.47. The highest BCUT2D eigenvalue weighted by Gasteiger charge is 2.42. The number of rotatable bonds is 4. The topological polar surface area (TPSA) is 40.1 Å². The van der Waals surface area contributed by atoms with Crippen LogP contribution in [0.3, 0.4) is 0 Å². The van der Waals surface area contributed by atoms with Crippen LogP contribution < -0.4 is 5.32 Å². The average Bonchev–Trinajstić information content (AvgIpc) is 3.23. The Morgan fingerprint density at radius 2 is 2.08 bits per heavy atom. The Morgan fingerprint density at radius 1 is 1.35 bits per heavy atom. The van der Waals surface area contributed by atoms with Crippen molar-refractivity contribution in [3.8, 4) is 0 Å². The molecule has 1 N–H and O–H groups in total. The number of hydrogen-bond donors (Lipinski definition) is 1. The summed E-state index contributed by atoms with van der Waals surface area (Å²) in [5.41, 5.74) is 1.41. The summed E-state index contributed by atoms with van der Waals surface area (Å²) >= 11 is 0. The molecule has 0 aliphatic carbocycles. The van der Waals surface area contributed by atoms with Crippen LogP contribution in [0.5, 0.6) is 0 Å². The van der Waals surface area contributed by atoms with Gasteiger partial charge >= 0.3 is 0 Å². The second-order valence-corrected chi connectivity index (χ2v) is 7.43. The maximum atomic E-state index is 13.2. The van der Waals surface area contributed by atoms with Crippen LogP contribution in [0.15, 0.2) is 29.3 Å². The molecule has 1 spiro atoms. The van der Waals surface area contributed by atoms with Gasteiger partial charge in [0.1, 0.15) is 5.82 Å². The number of benzene rings is 1. The van der Waals surface area contributed by atoms with Crippen LogP contribution >= 0.6 is 24.0 Å². The zero-order valence-electron chi connectivity index (χ0n) is 15.9. The number of hydrogen-bond acceptors (Lipinski definition) is 3. The van der Waals surface area contributed by atoms with Crippen molar-refractivity contribution < 1.29 is 9.13 Å². The van der Waals surface area contributed by atoms with E-state index in [4.69, 9.17) is 4.74 Å². The molecule has 5 nitrogen and oxygen atoms in total. The zero-order valence-corrected chi connectivity index (χ0v) is 18.2. The van der Waals surface area contributed by atoms with Gasteiger partial charge in [-0.2, -0.15) is 0 Å². The summed E-state index contributed by atoms with van der Waals surface area (Å²) < 4.78 is 18.8. The summed E-state index contributed by atoms with van der Waals surface area (Å²) in [6.45, 7) is 4.51. The molecule has 2 aliphatic heterocycles. The van der Waals surface area contributed by atoms with Crippen LogP contribution in [0.25, 0.3) is 0 Å². The summed E-state index contributed by atoms with van der Waals surface area (Å²) in [5, 5.41) is 3.51. The van der Waals surface area contributed by atoms with E-state index in [0.717, 1.165) is 50.8 Å². The lowest BCUT2D eigenvalue weighted by Gasteiger charge is -2.29. The molecule has 3 rings (SSSR count). The molecule has 1 aromatic carbocycles. The number of nitrogens with zero attached hydrogens (tertiary/aromatic N) is 3. The molecule has 26 heavy (non-hydrogen) atoms. The second-order valence-electron chi connectivity index (χ2n) is 7.43. The summed E-state index contributed by atoms with van der Waals surface area (Å²) in [4.78, 5) is 8.96. The van der Waals surface area contributed by atoms with E-state index in [0.29, 0.717) is 5.41 Å². The SMILES string of the molecule is CN=C(NCC(c1ccc(F)cc1)N(C)C)N1CCC2(CCOC2)C1.I. The monoisotopic (exact) mass is 476 g/mol. The first-order chi connectivity index (χ1) is 12.0. The van der Waals surface area contributed by atoms with Gasteiger partial charge in [-0.15, -0.1) is 24.0 Å². The van der Waals surface area contributed by atoms with Crippen molar-refractivity contribution in [2.45, 2.75) is 18.9 Å². The molecular weight excluding hydrogens is 446 g/mol. The Kier molecular flexibility index (Phi) is 7.66. The second kappa shape index (κ2) is 9.32. The molecular formula is C19H30FIN4O. The van der Waals surface area contributed by atoms with Crippen LogP contribution in [0.2, 0.25) is 0 Å². The normalized spacial score (nSPS) is 24.2. The summed E-state index contributed by atoms with van der Waals surface area (Å²) in [6, 6.07) is 6.90. The van der Waals surface area contributed by atoms with E-state index in [1.807, 2.05) is 33.3 Å². The molecule has 0 aromatic heterocycles. The minimum Gasteiger partial charge on any atom is -0.381 e. The van der Waals surface area contributed by atoms with Crippen LogP contribution in [0.4, 0.5) is 4.39 Å². The highest BCUT2D eigenvalue weighted by Crippen LogP contribution is 2.38. The summed E-state index contributed by atoms with van der Waals surface area (Å²) in [5.74, 6) is 0.740. The number of halogens is 2. The average molecular weight is 476 g/mol. The lowest BCUT2D eigenvalue weighted by atomic mass is 9.87. The highest BCUT2D eigenvalue weighted by molar-refractivity contribution is 14.0. The van der Waals surface area contributed by atoms with Crippen molar-refractivity contribution in [2.75, 3.05) is 54.0 Å². The summed E-state index contributed by atoms with van der Waals surface area (Å²) in [6.07, 6.45) is 2.32. The molecule has 7 heteroatoms. The molecule has 2 aliphatic rings. The predicted molar refractivity (Wildman–Crippen MR) is 114 cm³/mol. The van der Waals surface area contributed by atoms with Crippen LogP contribution in [-0.4, -0.2) is 69.8 Å². The van der Waals surface area contributed by atoms with Gasteiger partial charge in [-0.25, -0.2) is 4.39 Å². The first kappa shape index (κ1) is 21.4. The lowest BCUT2D eigenvalue weighted by Crippen LogP contribution is -2.44. The van der Waals surface area contributed by atoms with E-state index < -0.39 is 0 Å². The molecule has 2 saturated heterocycles. The Morgan fingerprint density at radius 3 is 2.65 bits per heavy atom. The highest BCUT2D eigenvalue weighted by atomic mass is 127. The van der Waals surface area contributed by atoms with Crippen molar-refractivity contribution >= 4 is 29.9 Å². The predicted octanol–water partition coefficient (Wildman–Crippen LogP) is 2.73. The van der Waals surface area contributed by atoms with Crippen molar-refractivity contribution in [1.29, 1.82) is 0 Å². The molecule has 146 valence electrons. The largest absolute Gasteiger partial charge is 0.381 e. The minimum absolute atomic E-state index is 0. The fraction of sp³-hybridized carbons (Fsp3) is 0.632. The molecule has 2 unspecified atom stereocenters. The smallest absolute Gasteiger partial charge is 0.193 e. The van der Waals surface area contributed by atoms with Gasteiger partial charge in [-0.3, -0.25) is 4.99 Å². The molecule has 0 saturated carbocycles. The first-order valence-electron chi connectivity index (χ1n) is 8.98. The number of aliphatic imine (C=N–C) groups is 1. The Balaban J connectivity index is 0.00000243. The number of nitrogens with one attached hydrogen (secondary N) is 1. The molecule has 0 bridgehead atoms. The Labute approximate surface area is 173 Å². The van der Waals surface area contributed by atoms with Crippen LogP contribution in [-0.2, 0) is 4.74 Å². The standard InChI is InChI=1S/C19H29FN4O.HI/c1-21-18(24-10-8-19(13-24)9-11-25-14-19)22-12-17(23(2)3)15-4-6-16(20)7-5-15;/h4-7,17H,8-14H2,1-3H3,(H,21,22);1H. The third kappa shape index (κ3) is 4.86. The van der Waals surface area contributed by atoms with Crippen LogP contribution in [0.1, 0.15) is 24.4 Å². The van der Waals surface area contributed by atoms with Gasteiger partial charge < -0.3 is 19.9 Å². The minimum atomic E-state index is -0.203. The van der Waals surface area contributed by atoms with E-state index in [-0.39, 0.29) is 35.8 Å². The third-order valence-corrected chi connectivity index (χ3v) is 5.47. The van der Waals surface area contributed by atoms with Gasteiger partial charge in [0.25, 0.3) is 0 Å². The van der Waals surface area contributed by atoms with E-state index in [1.54, 1.807) is 0 Å². The fourth-order valence-electron chi connectivity index (χ4n) is 3.89. The summed E-state index contributed by atoms with van der Waals surface area (Å²) in [7, 11) is 5.92. The molecule has 0 radical (unpaired) electrons. The number of guanidine groups is 1. The van der Waals surface area contributed by atoms with Crippen molar-refractivity contribution in [3.63, 3.8) is 0 Å². The number of ether oxygens (including phenoxy) is 1. The van der Waals surface area contributed by atoms with Gasteiger partial charge in [-0.05, 0) is 44.6 Å². The fourth-order valence-corrected chi connectivity index (χ4v) is 3.89. The maximum absolute atomic E-state index is 13.2. The number of likely N-dealkylation sites (N-methyl/N-ethyl adjacent to an activating group) is 1. The quantitative estimate of drug-likeness (QED) is 0.412. The first-order valence-corrected chi connectivity index (χ1v) is 8.98. The molecule has 2 heterocycles. The Bertz CT molecular complexity index is 602. The number of likely N-dealkylation sites (tertiary alicyclic amines) is 1.